The van der Waals surface area contributed by atoms with Gasteiger partial charge in [-0.3, -0.25) is 0 Å². The third kappa shape index (κ3) is 2.36. The van der Waals surface area contributed by atoms with E-state index in [2.05, 4.69) is 5.16 Å². The number of nitrogens with zero attached hydrogens (tertiary/aromatic N) is 1. The van der Waals surface area contributed by atoms with Crippen LogP contribution in [0.3, 0.4) is 0 Å². The second-order valence-electron chi connectivity index (χ2n) is 2.32. The normalized spacial score (nSPS) is 11.4. The Labute approximate surface area is 81.6 Å². The van der Waals surface area contributed by atoms with Crippen molar-refractivity contribution in [2.45, 2.75) is 6.92 Å². The fourth-order valence-corrected chi connectivity index (χ4v) is 1.13. The molecule has 0 heterocycles. The van der Waals surface area contributed by atoms with E-state index in [1.807, 2.05) is 13.0 Å². The van der Waals surface area contributed by atoms with Crippen LogP contribution < -0.4 is 4.74 Å². The summed E-state index contributed by atoms with van der Waals surface area (Å²) in [6, 6.07) is 7.13. The van der Waals surface area contributed by atoms with Gasteiger partial charge in [-0.2, -0.15) is 0 Å². The van der Waals surface area contributed by atoms with Crippen molar-refractivity contribution in [3.63, 3.8) is 0 Å². The van der Waals surface area contributed by atoms with Crippen molar-refractivity contribution in [3.05, 3.63) is 29.8 Å². The van der Waals surface area contributed by atoms with Gasteiger partial charge in [-0.05, 0) is 19.1 Å². The van der Waals surface area contributed by atoms with Crippen LogP contribution in [0.2, 0.25) is 0 Å². The van der Waals surface area contributed by atoms with Gasteiger partial charge < -0.3 is 9.94 Å². The van der Waals surface area contributed by atoms with Crippen LogP contribution in [-0.2, 0) is 0 Å². The summed E-state index contributed by atoms with van der Waals surface area (Å²) in [5, 5.41) is 11.4. The van der Waals surface area contributed by atoms with Gasteiger partial charge in [0.1, 0.15) is 5.75 Å². The number of hydrogen-bond donors (Lipinski definition) is 1. The molecule has 1 N–H and O–H groups in total. The lowest BCUT2D eigenvalue weighted by molar-refractivity contribution is 0.319. The predicted octanol–water partition coefficient (Wildman–Crippen LogP) is 2.46. The number of hydrogen-bond acceptors (Lipinski definition) is 3. The lowest BCUT2D eigenvalue weighted by Crippen LogP contribution is -1.99. The van der Waals surface area contributed by atoms with E-state index >= 15 is 0 Å². The van der Waals surface area contributed by atoms with Crippen molar-refractivity contribution in [3.8, 4) is 5.75 Å². The van der Waals surface area contributed by atoms with Gasteiger partial charge >= 0.3 is 0 Å². The largest absolute Gasteiger partial charge is 0.493 e. The third-order valence-electron chi connectivity index (χ3n) is 1.50. The molecule has 3 nitrogen and oxygen atoms in total. The Bertz CT molecular complexity index is 312. The van der Waals surface area contributed by atoms with Gasteiger partial charge in [0, 0.05) is 0 Å². The summed E-state index contributed by atoms with van der Waals surface area (Å²) in [6.45, 7) is 2.42. The first-order valence-electron chi connectivity index (χ1n) is 3.89. The molecule has 13 heavy (non-hydrogen) atoms. The van der Waals surface area contributed by atoms with Crippen molar-refractivity contribution in [1.29, 1.82) is 0 Å². The fourth-order valence-electron chi connectivity index (χ4n) is 0.972. The molecule has 0 aliphatic heterocycles. The average Bonchev–Trinajstić information content (AvgIpc) is 2.18. The molecule has 70 valence electrons. The van der Waals surface area contributed by atoms with Crippen LogP contribution in [0.1, 0.15) is 12.5 Å². The van der Waals surface area contributed by atoms with Crippen molar-refractivity contribution in [2.75, 3.05) is 6.61 Å². The molecule has 0 saturated carbocycles. The first-order valence-corrected chi connectivity index (χ1v) is 4.27. The molecule has 0 spiro atoms. The number of halogens is 1. The molecule has 4 heteroatoms. The fraction of sp³-hybridized carbons (Fsp3) is 0.222. The first kappa shape index (κ1) is 9.86. The van der Waals surface area contributed by atoms with Gasteiger partial charge in [0.25, 0.3) is 0 Å². The zero-order chi connectivity index (χ0) is 9.68. The van der Waals surface area contributed by atoms with E-state index in [9.17, 15) is 0 Å². The van der Waals surface area contributed by atoms with Crippen LogP contribution in [0, 0.1) is 0 Å². The highest BCUT2D eigenvalue weighted by atomic mass is 35.5. The van der Waals surface area contributed by atoms with Gasteiger partial charge in [0.2, 0.25) is 0 Å². The molecule has 0 saturated heterocycles. The van der Waals surface area contributed by atoms with Crippen molar-refractivity contribution >= 4 is 16.8 Å². The molecule has 0 unspecified atom stereocenters. The molecule has 1 aromatic rings. The van der Waals surface area contributed by atoms with E-state index in [4.69, 9.17) is 21.5 Å². The van der Waals surface area contributed by atoms with Gasteiger partial charge in [-0.25, -0.2) is 0 Å². The highest BCUT2D eigenvalue weighted by Crippen LogP contribution is 2.20. The third-order valence-corrected chi connectivity index (χ3v) is 1.78. The van der Waals surface area contributed by atoms with Gasteiger partial charge in [0.05, 0.1) is 12.2 Å². The molecule has 0 aliphatic carbocycles. The van der Waals surface area contributed by atoms with Crippen molar-refractivity contribution < 1.29 is 9.94 Å². The molecule has 0 atom stereocenters. The summed E-state index contributed by atoms with van der Waals surface area (Å²) >= 11 is 5.65. The standard InChI is InChI=1S/C9H10ClNO2/c1-2-13-8-6-4-3-5-7(8)9(10)11-12/h3-6,12H,2H2,1H3/b11-9-. The van der Waals surface area contributed by atoms with Gasteiger partial charge in [-0.15, -0.1) is 0 Å². The summed E-state index contributed by atoms with van der Waals surface area (Å²) in [7, 11) is 0. The minimum Gasteiger partial charge on any atom is -0.493 e. The van der Waals surface area contributed by atoms with Crippen LogP contribution in [-0.4, -0.2) is 17.0 Å². The summed E-state index contributed by atoms with van der Waals surface area (Å²) < 4.78 is 5.28. The zero-order valence-electron chi connectivity index (χ0n) is 7.20. The molecular formula is C9H10ClNO2. The Kier molecular flexibility index (Phi) is 3.58. The van der Waals surface area contributed by atoms with Gasteiger partial charge in [0.15, 0.2) is 5.17 Å². The van der Waals surface area contributed by atoms with E-state index in [0.29, 0.717) is 17.9 Å². The first-order chi connectivity index (χ1) is 6.29. The maximum atomic E-state index is 8.48. The van der Waals surface area contributed by atoms with Crippen molar-refractivity contribution in [2.24, 2.45) is 5.16 Å². The van der Waals surface area contributed by atoms with Crippen molar-refractivity contribution in [1.82, 2.24) is 0 Å². The highest BCUT2D eigenvalue weighted by molar-refractivity contribution is 6.69. The van der Waals surface area contributed by atoms with E-state index in [1.165, 1.54) is 0 Å². The number of oxime groups is 1. The number of benzene rings is 1. The average molecular weight is 200 g/mol. The number of rotatable bonds is 3. The molecule has 0 amide bonds. The second-order valence-corrected chi connectivity index (χ2v) is 2.68. The topological polar surface area (TPSA) is 41.8 Å². The maximum absolute atomic E-state index is 8.48. The zero-order valence-corrected chi connectivity index (χ0v) is 7.95. The SMILES string of the molecule is CCOc1ccccc1/C(Cl)=N/O. The highest BCUT2D eigenvalue weighted by Gasteiger charge is 2.06. The Balaban J connectivity index is 3.04. The Morgan fingerprint density at radius 1 is 1.54 bits per heavy atom. The maximum Gasteiger partial charge on any atom is 0.179 e. The number of para-hydroxylation sites is 1. The molecule has 1 rings (SSSR count). The number of ether oxygens (including phenoxy) is 1. The van der Waals surface area contributed by atoms with Crippen LogP contribution in [0.4, 0.5) is 0 Å². The lowest BCUT2D eigenvalue weighted by Gasteiger charge is -2.06. The minimum atomic E-state index is 0.0315. The predicted molar refractivity (Wildman–Crippen MR) is 51.8 cm³/mol. The Morgan fingerprint density at radius 3 is 2.85 bits per heavy atom. The van der Waals surface area contributed by atoms with Crippen LogP contribution in [0.15, 0.2) is 29.4 Å². The smallest absolute Gasteiger partial charge is 0.179 e. The molecule has 0 aliphatic rings. The van der Waals surface area contributed by atoms with E-state index < -0.39 is 0 Å². The monoisotopic (exact) mass is 199 g/mol. The summed E-state index contributed by atoms with van der Waals surface area (Å²) in [6.07, 6.45) is 0. The second kappa shape index (κ2) is 4.72. The van der Waals surface area contributed by atoms with Gasteiger partial charge in [-0.1, -0.05) is 28.9 Å². The summed E-state index contributed by atoms with van der Waals surface area (Å²) in [5.74, 6) is 0.618. The Hall–Kier alpha value is -1.22. The molecule has 0 aromatic heterocycles. The lowest BCUT2D eigenvalue weighted by atomic mass is 10.2. The quantitative estimate of drug-likeness (QED) is 0.462. The minimum absolute atomic E-state index is 0.0315. The molecule has 0 fully saturated rings. The van der Waals surface area contributed by atoms with Crippen LogP contribution in [0.5, 0.6) is 5.75 Å². The molecule has 0 bridgehead atoms. The van der Waals surface area contributed by atoms with Crippen LogP contribution >= 0.6 is 11.6 Å². The molecule has 1 aromatic carbocycles. The molecule has 0 radical (unpaired) electrons. The molecular weight excluding hydrogens is 190 g/mol. The Morgan fingerprint density at radius 2 is 2.23 bits per heavy atom. The van der Waals surface area contributed by atoms with E-state index in [0.717, 1.165) is 0 Å². The summed E-state index contributed by atoms with van der Waals surface area (Å²) in [5.41, 5.74) is 0.591. The van der Waals surface area contributed by atoms with E-state index in [-0.39, 0.29) is 5.17 Å². The van der Waals surface area contributed by atoms with E-state index in [1.54, 1.807) is 18.2 Å². The van der Waals surface area contributed by atoms with Crippen LogP contribution in [0.25, 0.3) is 0 Å². The summed E-state index contributed by atoms with van der Waals surface area (Å²) in [4.78, 5) is 0.